The summed E-state index contributed by atoms with van der Waals surface area (Å²) in [6.45, 7) is 6.34. The van der Waals surface area contributed by atoms with E-state index in [0.29, 0.717) is 17.2 Å². The minimum atomic E-state index is -0.00467. The molecule has 2 atom stereocenters. The topological polar surface area (TPSA) is 55.1 Å². The van der Waals surface area contributed by atoms with Gasteiger partial charge in [-0.3, -0.25) is 4.79 Å². The highest BCUT2D eigenvalue weighted by Gasteiger charge is 2.25. The van der Waals surface area contributed by atoms with Crippen LogP contribution in [0.2, 0.25) is 0 Å². The summed E-state index contributed by atoms with van der Waals surface area (Å²) >= 11 is 0. The van der Waals surface area contributed by atoms with Gasteiger partial charge in [0.15, 0.2) is 0 Å². The Hall–Kier alpha value is -1.22. The molecule has 1 fully saturated rings. The second-order valence-electron chi connectivity index (χ2n) is 6.59. The van der Waals surface area contributed by atoms with Gasteiger partial charge in [0.25, 0.3) is 5.91 Å². The lowest BCUT2D eigenvalue weighted by Crippen LogP contribution is -2.40. The highest BCUT2D eigenvalue weighted by atomic mass is 35.5. The SMILES string of the molecule is Cc1ccc(N)cc1C(=O)NC(C)C(C)C1CCCCC1.Cl. The Bertz CT molecular complexity index is 498. The fourth-order valence-corrected chi connectivity index (χ4v) is 3.37. The molecule has 1 aromatic carbocycles. The van der Waals surface area contributed by atoms with E-state index < -0.39 is 0 Å². The molecule has 0 aromatic heterocycles. The molecular weight excluding hydrogens is 296 g/mol. The second-order valence-corrected chi connectivity index (χ2v) is 6.59. The number of halogens is 1. The van der Waals surface area contributed by atoms with E-state index in [0.717, 1.165) is 11.5 Å². The van der Waals surface area contributed by atoms with Crippen molar-refractivity contribution in [3.63, 3.8) is 0 Å². The first-order valence-corrected chi connectivity index (χ1v) is 8.16. The average molecular weight is 325 g/mol. The van der Waals surface area contributed by atoms with E-state index in [-0.39, 0.29) is 24.4 Å². The van der Waals surface area contributed by atoms with Gasteiger partial charge in [-0.25, -0.2) is 0 Å². The molecule has 2 rings (SSSR count). The van der Waals surface area contributed by atoms with Crippen LogP contribution in [0, 0.1) is 18.8 Å². The van der Waals surface area contributed by atoms with E-state index in [1.54, 1.807) is 6.07 Å². The van der Waals surface area contributed by atoms with Crippen LogP contribution >= 0.6 is 12.4 Å². The lowest BCUT2D eigenvalue weighted by atomic mass is 9.78. The normalized spacial score (nSPS) is 18.1. The zero-order valence-electron chi connectivity index (χ0n) is 13.9. The van der Waals surface area contributed by atoms with Crippen LogP contribution in [0.25, 0.3) is 0 Å². The maximum absolute atomic E-state index is 12.4. The number of anilines is 1. The van der Waals surface area contributed by atoms with Crippen molar-refractivity contribution in [1.29, 1.82) is 0 Å². The summed E-state index contributed by atoms with van der Waals surface area (Å²) in [6.07, 6.45) is 6.65. The number of carbonyl (C=O) groups excluding carboxylic acids is 1. The summed E-state index contributed by atoms with van der Waals surface area (Å²) < 4.78 is 0. The van der Waals surface area contributed by atoms with Crippen molar-refractivity contribution in [1.82, 2.24) is 5.32 Å². The number of hydrogen-bond acceptors (Lipinski definition) is 2. The number of carbonyl (C=O) groups is 1. The van der Waals surface area contributed by atoms with E-state index in [4.69, 9.17) is 5.73 Å². The molecule has 124 valence electrons. The van der Waals surface area contributed by atoms with Gasteiger partial charge in [0.05, 0.1) is 0 Å². The van der Waals surface area contributed by atoms with Gasteiger partial charge in [-0.2, -0.15) is 0 Å². The first kappa shape index (κ1) is 18.8. The number of nitrogen functional groups attached to an aromatic ring is 1. The molecule has 1 saturated carbocycles. The highest BCUT2D eigenvalue weighted by Crippen LogP contribution is 2.31. The van der Waals surface area contributed by atoms with Gasteiger partial charge in [-0.1, -0.05) is 45.1 Å². The van der Waals surface area contributed by atoms with Crippen molar-refractivity contribution < 1.29 is 4.79 Å². The Morgan fingerprint density at radius 3 is 2.50 bits per heavy atom. The van der Waals surface area contributed by atoms with Gasteiger partial charge in [0.2, 0.25) is 0 Å². The predicted octanol–water partition coefficient (Wildman–Crippen LogP) is 4.33. The van der Waals surface area contributed by atoms with Gasteiger partial charge in [0, 0.05) is 17.3 Å². The van der Waals surface area contributed by atoms with Crippen LogP contribution in [0.3, 0.4) is 0 Å². The van der Waals surface area contributed by atoms with E-state index in [1.807, 2.05) is 19.1 Å². The Kier molecular flexibility index (Phi) is 7.21. The van der Waals surface area contributed by atoms with Gasteiger partial charge < -0.3 is 11.1 Å². The number of nitrogens with one attached hydrogen (secondary N) is 1. The Balaban J connectivity index is 0.00000242. The van der Waals surface area contributed by atoms with E-state index in [1.165, 1.54) is 32.1 Å². The summed E-state index contributed by atoms with van der Waals surface area (Å²) in [7, 11) is 0. The zero-order valence-corrected chi connectivity index (χ0v) is 14.7. The van der Waals surface area contributed by atoms with Crippen LogP contribution in [-0.2, 0) is 0 Å². The van der Waals surface area contributed by atoms with Crippen molar-refractivity contribution in [2.45, 2.75) is 58.9 Å². The molecule has 0 heterocycles. The number of aryl methyl sites for hydroxylation is 1. The summed E-state index contributed by atoms with van der Waals surface area (Å²) in [5.74, 6) is 1.27. The van der Waals surface area contributed by atoms with Gasteiger partial charge >= 0.3 is 0 Å². The molecule has 0 saturated heterocycles. The molecule has 3 nitrogen and oxygen atoms in total. The summed E-state index contributed by atoms with van der Waals surface area (Å²) in [4.78, 5) is 12.4. The molecule has 1 aromatic rings. The number of hydrogen-bond donors (Lipinski definition) is 2. The van der Waals surface area contributed by atoms with Crippen LogP contribution in [0.5, 0.6) is 0 Å². The number of benzene rings is 1. The Labute approximate surface area is 140 Å². The molecule has 0 bridgehead atoms. The minimum Gasteiger partial charge on any atom is -0.399 e. The fraction of sp³-hybridized carbons (Fsp3) is 0.611. The van der Waals surface area contributed by atoms with Crippen LogP contribution in [0.15, 0.2) is 18.2 Å². The molecule has 3 N–H and O–H groups in total. The summed E-state index contributed by atoms with van der Waals surface area (Å²) in [5.41, 5.74) is 8.09. The molecule has 1 amide bonds. The first-order chi connectivity index (χ1) is 9.99. The molecule has 1 aliphatic rings. The zero-order chi connectivity index (χ0) is 15.4. The number of nitrogens with two attached hydrogens (primary N) is 1. The van der Waals surface area contributed by atoms with Crippen molar-refractivity contribution in [2.75, 3.05) is 5.73 Å². The average Bonchev–Trinajstić information content (AvgIpc) is 2.49. The van der Waals surface area contributed by atoms with Crippen LogP contribution in [0.1, 0.15) is 61.9 Å². The third-order valence-electron chi connectivity index (χ3n) is 5.05. The van der Waals surface area contributed by atoms with E-state index in [2.05, 4.69) is 19.2 Å². The van der Waals surface area contributed by atoms with Crippen molar-refractivity contribution in [3.05, 3.63) is 29.3 Å². The maximum atomic E-state index is 12.4. The quantitative estimate of drug-likeness (QED) is 0.810. The number of rotatable bonds is 4. The number of amides is 1. The molecular formula is C18H29ClN2O. The smallest absolute Gasteiger partial charge is 0.251 e. The third-order valence-corrected chi connectivity index (χ3v) is 5.05. The minimum absolute atomic E-state index is 0. The standard InChI is InChI=1S/C18H28N2O.ClH/c1-12-9-10-16(19)11-17(12)18(21)20-14(3)13(2)15-7-5-4-6-8-15;/h9-11,13-15H,4-8,19H2,1-3H3,(H,20,21);1H. The first-order valence-electron chi connectivity index (χ1n) is 8.16. The lowest BCUT2D eigenvalue weighted by molar-refractivity contribution is 0.0911. The van der Waals surface area contributed by atoms with Crippen LogP contribution in [-0.4, -0.2) is 11.9 Å². The Morgan fingerprint density at radius 1 is 1.23 bits per heavy atom. The molecule has 1 aliphatic carbocycles. The summed E-state index contributed by atoms with van der Waals surface area (Å²) in [5, 5.41) is 3.17. The monoisotopic (exact) mass is 324 g/mol. The van der Waals surface area contributed by atoms with Crippen molar-refractivity contribution in [3.8, 4) is 0 Å². The van der Waals surface area contributed by atoms with E-state index in [9.17, 15) is 4.79 Å². The summed E-state index contributed by atoms with van der Waals surface area (Å²) in [6, 6.07) is 5.70. The largest absolute Gasteiger partial charge is 0.399 e. The Morgan fingerprint density at radius 2 is 1.86 bits per heavy atom. The molecule has 22 heavy (non-hydrogen) atoms. The van der Waals surface area contributed by atoms with Gasteiger partial charge in [-0.05, 0) is 43.4 Å². The van der Waals surface area contributed by atoms with Crippen LogP contribution < -0.4 is 11.1 Å². The van der Waals surface area contributed by atoms with E-state index >= 15 is 0 Å². The van der Waals surface area contributed by atoms with Crippen molar-refractivity contribution in [2.24, 2.45) is 11.8 Å². The van der Waals surface area contributed by atoms with Gasteiger partial charge in [0.1, 0.15) is 0 Å². The van der Waals surface area contributed by atoms with Gasteiger partial charge in [-0.15, -0.1) is 12.4 Å². The molecule has 0 spiro atoms. The lowest BCUT2D eigenvalue weighted by Gasteiger charge is -2.32. The molecule has 4 heteroatoms. The molecule has 2 unspecified atom stereocenters. The third kappa shape index (κ3) is 4.64. The fourth-order valence-electron chi connectivity index (χ4n) is 3.37. The second kappa shape index (κ2) is 8.42. The highest BCUT2D eigenvalue weighted by molar-refractivity contribution is 5.96. The maximum Gasteiger partial charge on any atom is 0.251 e. The van der Waals surface area contributed by atoms with Crippen molar-refractivity contribution >= 4 is 24.0 Å². The van der Waals surface area contributed by atoms with Crippen LogP contribution in [0.4, 0.5) is 5.69 Å². The predicted molar refractivity (Wildman–Crippen MR) is 95.5 cm³/mol. The molecule has 0 radical (unpaired) electrons. The molecule has 0 aliphatic heterocycles.